The lowest BCUT2D eigenvalue weighted by molar-refractivity contribution is 0.772. The zero-order chi connectivity index (χ0) is 11.5. The minimum absolute atomic E-state index is 0.529. The van der Waals surface area contributed by atoms with Crippen LogP contribution in [-0.4, -0.2) is 9.55 Å². The molecule has 0 unspecified atom stereocenters. The predicted octanol–water partition coefficient (Wildman–Crippen LogP) is 3.95. The van der Waals surface area contributed by atoms with Crippen LogP contribution in [0.4, 0.5) is 11.6 Å². The molecule has 0 radical (unpaired) electrons. The standard InChI is InChI=1S/C11H11Cl2N3/c1-2-16-6-5-14-11(16)15-8-3-4-9(12)10(13)7-8/h3-7H,2H2,1H3,(H,14,15). The van der Waals surface area contributed by atoms with Gasteiger partial charge in [0.2, 0.25) is 5.95 Å². The summed E-state index contributed by atoms with van der Waals surface area (Å²) in [6.45, 7) is 2.92. The van der Waals surface area contributed by atoms with Crippen molar-refractivity contribution in [2.24, 2.45) is 0 Å². The molecule has 1 aromatic heterocycles. The Morgan fingerprint density at radius 1 is 1.31 bits per heavy atom. The van der Waals surface area contributed by atoms with Crippen molar-refractivity contribution in [3.63, 3.8) is 0 Å². The number of benzene rings is 1. The summed E-state index contributed by atoms with van der Waals surface area (Å²) in [7, 11) is 0. The fourth-order valence-corrected chi connectivity index (χ4v) is 1.69. The van der Waals surface area contributed by atoms with Gasteiger partial charge in [0.15, 0.2) is 0 Å². The molecule has 0 spiro atoms. The molecule has 1 N–H and O–H groups in total. The van der Waals surface area contributed by atoms with Gasteiger partial charge in [0.05, 0.1) is 10.0 Å². The van der Waals surface area contributed by atoms with Crippen LogP contribution in [0.2, 0.25) is 10.0 Å². The second kappa shape index (κ2) is 4.76. The lowest BCUT2D eigenvalue weighted by atomic mass is 10.3. The summed E-state index contributed by atoms with van der Waals surface area (Å²) in [5, 5.41) is 4.26. The molecule has 0 aliphatic rings. The zero-order valence-electron chi connectivity index (χ0n) is 8.74. The van der Waals surface area contributed by atoms with E-state index in [9.17, 15) is 0 Å². The van der Waals surface area contributed by atoms with Crippen molar-refractivity contribution in [1.29, 1.82) is 0 Å². The van der Waals surface area contributed by atoms with E-state index in [1.54, 1.807) is 18.3 Å². The Balaban J connectivity index is 2.24. The molecule has 0 fully saturated rings. The molecule has 0 aliphatic carbocycles. The van der Waals surface area contributed by atoms with Gasteiger partial charge in [0, 0.05) is 24.6 Å². The average molecular weight is 256 g/mol. The van der Waals surface area contributed by atoms with Crippen LogP contribution in [0.3, 0.4) is 0 Å². The van der Waals surface area contributed by atoms with Crippen molar-refractivity contribution >= 4 is 34.8 Å². The van der Waals surface area contributed by atoms with E-state index in [4.69, 9.17) is 23.2 Å². The van der Waals surface area contributed by atoms with Gasteiger partial charge in [-0.05, 0) is 25.1 Å². The van der Waals surface area contributed by atoms with E-state index in [0.29, 0.717) is 10.0 Å². The Bertz CT molecular complexity index is 494. The highest BCUT2D eigenvalue weighted by Crippen LogP contribution is 2.26. The normalized spacial score (nSPS) is 10.4. The number of anilines is 2. The van der Waals surface area contributed by atoms with Crippen LogP contribution in [0, 0.1) is 0 Å². The Morgan fingerprint density at radius 2 is 2.12 bits per heavy atom. The molecule has 2 rings (SSSR count). The van der Waals surface area contributed by atoms with Gasteiger partial charge >= 0.3 is 0 Å². The fraction of sp³-hybridized carbons (Fsp3) is 0.182. The number of aromatic nitrogens is 2. The predicted molar refractivity (Wildman–Crippen MR) is 67.6 cm³/mol. The molecule has 0 bridgehead atoms. The fourth-order valence-electron chi connectivity index (χ4n) is 1.39. The Kier molecular flexibility index (Phi) is 3.36. The zero-order valence-corrected chi connectivity index (χ0v) is 10.3. The van der Waals surface area contributed by atoms with E-state index in [2.05, 4.69) is 17.2 Å². The summed E-state index contributed by atoms with van der Waals surface area (Å²) in [6, 6.07) is 5.40. The third-order valence-electron chi connectivity index (χ3n) is 2.23. The maximum atomic E-state index is 5.93. The van der Waals surface area contributed by atoms with Crippen molar-refractivity contribution < 1.29 is 0 Å². The maximum absolute atomic E-state index is 5.93. The van der Waals surface area contributed by atoms with Gasteiger partial charge < -0.3 is 9.88 Å². The highest BCUT2D eigenvalue weighted by molar-refractivity contribution is 6.42. The van der Waals surface area contributed by atoms with Crippen molar-refractivity contribution in [3.8, 4) is 0 Å². The molecular weight excluding hydrogens is 245 g/mol. The lowest BCUT2D eigenvalue weighted by Crippen LogP contribution is -2.01. The van der Waals surface area contributed by atoms with Gasteiger partial charge in [0.25, 0.3) is 0 Å². The third-order valence-corrected chi connectivity index (χ3v) is 2.97. The van der Waals surface area contributed by atoms with Crippen LogP contribution in [0.5, 0.6) is 0 Å². The molecule has 0 amide bonds. The number of imidazole rings is 1. The van der Waals surface area contributed by atoms with Crippen molar-refractivity contribution in [2.45, 2.75) is 13.5 Å². The van der Waals surface area contributed by atoms with Crippen LogP contribution >= 0.6 is 23.2 Å². The highest BCUT2D eigenvalue weighted by Gasteiger charge is 2.03. The van der Waals surface area contributed by atoms with Gasteiger partial charge in [-0.1, -0.05) is 23.2 Å². The Labute approximate surface area is 104 Å². The van der Waals surface area contributed by atoms with Crippen LogP contribution in [0.1, 0.15) is 6.92 Å². The highest BCUT2D eigenvalue weighted by atomic mass is 35.5. The van der Waals surface area contributed by atoms with E-state index in [-0.39, 0.29) is 0 Å². The van der Waals surface area contributed by atoms with E-state index >= 15 is 0 Å². The van der Waals surface area contributed by atoms with Gasteiger partial charge in [-0.15, -0.1) is 0 Å². The summed E-state index contributed by atoms with van der Waals surface area (Å²) < 4.78 is 2.00. The lowest BCUT2D eigenvalue weighted by Gasteiger charge is -2.08. The number of aryl methyl sites for hydroxylation is 1. The largest absolute Gasteiger partial charge is 0.326 e. The second-order valence-corrected chi connectivity index (χ2v) is 4.11. The number of nitrogens with zero attached hydrogens (tertiary/aromatic N) is 2. The van der Waals surface area contributed by atoms with Crippen LogP contribution in [0.15, 0.2) is 30.6 Å². The van der Waals surface area contributed by atoms with Crippen molar-refractivity contribution in [3.05, 3.63) is 40.6 Å². The van der Waals surface area contributed by atoms with E-state index < -0.39 is 0 Å². The molecule has 5 heteroatoms. The number of halogens is 2. The first-order valence-corrected chi connectivity index (χ1v) is 5.69. The quantitative estimate of drug-likeness (QED) is 0.900. The van der Waals surface area contributed by atoms with Gasteiger partial charge in [-0.3, -0.25) is 0 Å². The van der Waals surface area contributed by atoms with Crippen LogP contribution in [-0.2, 0) is 6.54 Å². The van der Waals surface area contributed by atoms with Gasteiger partial charge in [0.1, 0.15) is 0 Å². The number of rotatable bonds is 3. The summed E-state index contributed by atoms with van der Waals surface area (Å²) in [5.41, 5.74) is 0.871. The van der Waals surface area contributed by atoms with E-state index in [1.807, 2.05) is 16.8 Å². The molecule has 16 heavy (non-hydrogen) atoms. The molecule has 1 aromatic carbocycles. The third kappa shape index (κ3) is 2.31. The summed E-state index contributed by atoms with van der Waals surface area (Å²) in [5.74, 6) is 0.792. The maximum Gasteiger partial charge on any atom is 0.207 e. The molecule has 0 aliphatic heterocycles. The van der Waals surface area contributed by atoms with Crippen LogP contribution < -0.4 is 5.32 Å². The molecule has 0 atom stereocenters. The molecular formula is C11H11Cl2N3. The minimum atomic E-state index is 0.529. The van der Waals surface area contributed by atoms with Crippen molar-refractivity contribution in [2.75, 3.05) is 5.32 Å². The molecule has 0 saturated carbocycles. The summed E-state index contributed by atoms with van der Waals surface area (Å²) in [6.07, 6.45) is 3.67. The monoisotopic (exact) mass is 255 g/mol. The van der Waals surface area contributed by atoms with E-state index in [0.717, 1.165) is 18.2 Å². The second-order valence-electron chi connectivity index (χ2n) is 3.29. The average Bonchev–Trinajstić information content (AvgIpc) is 2.71. The van der Waals surface area contributed by atoms with Crippen molar-refractivity contribution in [1.82, 2.24) is 9.55 Å². The Hall–Kier alpha value is -1.19. The molecule has 0 saturated heterocycles. The number of nitrogens with one attached hydrogen (secondary N) is 1. The van der Waals surface area contributed by atoms with Gasteiger partial charge in [-0.25, -0.2) is 4.98 Å². The minimum Gasteiger partial charge on any atom is -0.326 e. The SMILES string of the molecule is CCn1ccnc1Nc1ccc(Cl)c(Cl)c1. The molecule has 2 aromatic rings. The summed E-state index contributed by atoms with van der Waals surface area (Å²) >= 11 is 11.8. The first-order valence-electron chi connectivity index (χ1n) is 4.94. The molecule has 84 valence electrons. The molecule has 1 heterocycles. The van der Waals surface area contributed by atoms with Gasteiger partial charge in [-0.2, -0.15) is 0 Å². The Morgan fingerprint density at radius 3 is 2.81 bits per heavy atom. The summed E-state index contributed by atoms with van der Waals surface area (Å²) in [4.78, 5) is 4.21. The molecule has 3 nitrogen and oxygen atoms in total. The van der Waals surface area contributed by atoms with E-state index in [1.165, 1.54) is 0 Å². The topological polar surface area (TPSA) is 29.9 Å². The first kappa shape index (κ1) is 11.3. The smallest absolute Gasteiger partial charge is 0.207 e. The first-order chi connectivity index (χ1) is 7.70. The number of hydrogen-bond donors (Lipinski definition) is 1. The van der Waals surface area contributed by atoms with Crippen LogP contribution in [0.25, 0.3) is 0 Å². The number of hydrogen-bond acceptors (Lipinski definition) is 2.